The zero-order valence-corrected chi connectivity index (χ0v) is 14.9. The molecule has 0 N–H and O–H groups in total. The van der Waals surface area contributed by atoms with Crippen LogP contribution in [0.1, 0.15) is 46.5 Å². The summed E-state index contributed by atoms with van der Waals surface area (Å²) < 4.78 is 10.5. The highest BCUT2D eigenvalue weighted by Gasteiger charge is 2.28. The number of ether oxygens (including phenoxy) is 2. The van der Waals surface area contributed by atoms with Gasteiger partial charge in [0.1, 0.15) is 6.10 Å². The molecule has 0 aliphatic carbocycles. The second-order valence-electron chi connectivity index (χ2n) is 5.76. The van der Waals surface area contributed by atoms with E-state index >= 15 is 0 Å². The van der Waals surface area contributed by atoms with Crippen molar-refractivity contribution in [2.75, 3.05) is 45.9 Å². The Morgan fingerprint density at radius 1 is 1.13 bits per heavy atom. The van der Waals surface area contributed by atoms with Crippen molar-refractivity contribution in [3.8, 4) is 0 Å². The van der Waals surface area contributed by atoms with Crippen LogP contribution in [-0.2, 0) is 19.1 Å². The molecule has 0 aromatic heterocycles. The quantitative estimate of drug-likeness (QED) is 0.540. The molecule has 0 aromatic carbocycles. The van der Waals surface area contributed by atoms with E-state index in [0.29, 0.717) is 26.3 Å². The molecule has 6 nitrogen and oxygen atoms in total. The molecule has 6 heteroatoms. The first-order valence-corrected chi connectivity index (χ1v) is 8.90. The van der Waals surface area contributed by atoms with Gasteiger partial charge in [0.15, 0.2) is 0 Å². The molecule has 1 aliphatic rings. The summed E-state index contributed by atoms with van der Waals surface area (Å²) in [5.41, 5.74) is 0. The van der Waals surface area contributed by atoms with E-state index in [0.717, 1.165) is 38.9 Å². The molecule has 1 heterocycles. The van der Waals surface area contributed by atoms with E-state index in [2.05, 4.69) is 18.7 Å². The summed E-state index contributed by atoms with van der Waals surface area (Å²) in [6.45, 7) is 11.2. The first-order chi connectivity index (χ1) is 11.1. The van der Waals surface area contributed by atoms with Gasteiger partial charge in [0.05, 0.1) is 13.0 Å². The van der Waals surface area contributed by atoms with Crippen molar-refractivity contribution in [2.45, 2.75) is 52.6 Å². The lowest BCUT2D eigenvalue weighted by molar-refractivity contribution is -0.146. The molecule has 1 aliphatic heterocycles. The van der Waals surface area contributed by atoms with Crippen LogP contribution in [0, 0.1) is 0 Å². The van der Waals surface area contributed by atoms with Gasteiger partial charge in [-0.25, -0.2) is 0 Å². The first-order valence-electron chi connectivity index (χ1n) is 8.90. The fraction of sp³-hybridized carbons (Fsp3) is 0.882. The summed E-state index contributed by atoms with van der Waals surface area (Å²) in [7, 11) is 0. The fourth-order valence-electron chi connectivity index (χ4n) is 2.79. The van der Waals surface area contributed by atoms with E-state index in [1.165, 1.54) is 0 Å². The highest BCUT2D eigenvalue weighted by atomic mass is 16.5. The van der Waals surface area contributed by atoms with Gasteiger partial charge in [0, 0.05) is 19.7 Å². The van der Waals surface area contributed by atoms with Crippen molar-refractivity contribution >= 4 is 11.9 Å². The Kier molecular flexibility index (Phi) is 9.87. The van der Waals surface area contributed by atoms with E-state index in [-0.39, 0.29) is 24.4 Å². The number of carbonyl (C=O) groups excluding carboxylic acids is 2. The summed E-state index contributed by atoms with van der Waals surface area (Å²) in [6, 6.07) is 0. The minimum Gasteiger partial charge on any atom is -0.466 e. The SMILES string of the molecule is CCOC(=O)CCN(CCCN(CC)CC)C(=O)C1CCCO1. The van der Waals surface area contributed by atoms with Crippen molar-refractivity contribution in [2.24, 2.45) is 0 Å². The van der Waals surface area contributed by atoms with E-state index in [4.69, 9.17) is 9.47 Å². The molecule has 0 bridgehead atoms. The average molecular weight is 328 g/mol. The van der Waals surface area contributed by atoms with Crippen LogP contribution in [0.25, 0.3) is 0 Å². The maximum atomic E-state index is 12.6. The van der Waals surface area contributed by atoms with Gasteiger partial charge in [-0.3, -0.25) is 9.59 Å². The number of rotatable bonds is 11. The molecule has 0 radical (unpaired) electrons. The Balaban J connectivity index is 2.49. The van der Waals surface area contributed by atoms with Crippen LogP contribution in [0.5, 0.6) is 0 Å². The Labute approximate surface area is 140 Å². The molecule has 134 valence electrons. The van der Waals surface area contributed by atoms with Crippen molar-refractivity contribution < 1.29 is 19.1 Å². The topological polar surface area (TPSA) is 59.1 Å². The van der Waals surface area contributed by atoms with Gasteiger partial charge in [0.2, 0.25) is 0 Å². The van der Waals surface area contributed by atoms with E-state index in [1.54, 1.807) is 11.8 Å². The highest BCUT2D eigenvalue weighted by Crippen LogP contribution is 2.15. The minimum atomic E-state index is -0.328. The maximum Gasteiger partial charge on any atom is 0.307 e. The number of esters is 1. The van der Waals surface area contributed by atoms with Crippen molar-refractivity contribution in [3.63, 3.8) is 0 Å². The predicted octanol–water partition coefficient (Wildman–Crippen LogP) is 1.68. The number of hydrogen-bond donors (Lipinski definition) is 0. The zero-order valence-electron chi connectivity index (χ0n) is 14.9. The van der Waals surface area contributed by atoms with Gasteiger partial charge in [-0.15, -0.1) is 0 Å². The summed E-state index contributed by atoms with van der Waals surface area (Å²) in [5, 5.41) is 0. The molecule has 1 amide bonds. The minimum absolute atomic E-state index is 0.0198. The molecular weight excluding hydrogens is 296 g/mol. The second kappa shape index (κ2) is 11.4. The molecule has 1 fully saturated rings. The van der Waals surface area contributed by atoms with Crippen LogP contribution in [-0.4, -0.2) is 73.7 Å². The average Bonchev–Trinajstić information content (AvgIpc) is 3.08. The molecule has 0 spiro atoms. The van der Waals surface area contributed by atoms with Gasteiger partial charge < -0.3 is 19.3 Å². The smallest absolute Gasteiger partial charge is 0.307 e. The van der Waals surface area contributed by atoms with Gasteiger partial charge in [-0.2, -0.15) is 0 Å². The van der Waals surface area contributed by atoms with Gasteiger partial charge in [-0.05, 0) is 45.8 Å². The van der Waals surface area contributed by atoms with Crippen molar-refractivity contribution in [1.29, 1.82) is 0 Å². The van der Waals surface area contributed by atoms with Crippen LogP contribution in [0.4, 0.5) is 0 Å². The Morgan fingerprint density at radius 2 is 1.87 bits per heavy atom. The lowest BCUT2D eigenvalue weighted by atomic mass is 10.2. The summed E-state index contributed by atoms with van der Waals surface area (Å²) in [5.74, 6) is -0.229. The van der Waals surface area contributed by atoms with Crippen molar-refractivity contribution in [3.05, 3.63) is 0 Å². The normalized spacial score (nSPS) is 17.5. The molecule has 23 heavy (non-hydrogen) atoms. The fourth-order valence-corrected chi connectivity index (χ4v) is 2.79. The van der Waals surface area contributed by atoms with Crippen LogP contribution in [0.2, 0.25) is 0 Å². The molecule has 1 unspecified atom stereocenters. The molecular formula is C17H32N2O4. The highest BCUT2D eigenvalue weighted by molar-refractivity contribution is 5.81. The zero-order chi connectivity index (χ0) is 17.1. The third-order valence-corrected chi connectivity index (χ3v) is 4.20. The second-order valence-corrected chi connectivity index (χ2v) is 5.76. The number of hydrogen-bond acceptors (Lipinski definition) is 5. The summed E-state index contributed by atoms with van der Waals surface area (Å²) >= 11 is 0. The Hall–Kier alpha value is -1.14. The molecule has 0 aromatic rings. The first kappa shape index (κ1) is 19.9. The predicted molar refractivity (Wildman–Crippen MR) is 89.2 cm³/mol. The number of carbonyl (C=O) groups is 2. The molecule has 1 saturated heterocycles. The van der Waals surface area contributed by atoms with Crippen molar-refractivity contribution in [1.82, 2.24) is 9.80 Å². The lowest BCUT2D eigenvalue weighted by Gasteiger charge is -2.26. The number of amides is 1. The molecule has 1 atom stereocenters. The van der Waals surface area contributed by atoms with Crippen LogP contribution in [0.3, 0.4) is 0 Å². The van der Waals surface area contributed by atoms with E-state index < -0.39 is 0 Å². The lowest BCUT2D eigenvalue weighted by Crippen LogP contribution is -2.41. The van der Waals surface area contributed by atoms with E-state index in [9.17, 15) is 9.59 Å². The Morgan fingerprint density at radius 3 is 2.43 bits per heavy atom. The van der Waals surface area contributed by atoms with Crippen LogP contribution in [0.15, 0.2) is 0 Å². The molecule has 1 rings (SSSR count). The Bertz CT molecular complexity index is 353. The summed E-state index contributed by atoms with van der Waals surface area (Å²) in [6.07, 6.45) is 2.54. The summed E-state index contributed by atoms with van der Waals surface area (Å²) in [4.78, 5) is 28.2. The third-order valence-electron chi connectivity index (χ3n) is 4.20. The van der Waals surface area contributed by atoms with Gasteiger partial charge in [0.25, 0.3) is 5.91 Å². The largest absolute Gasteiger partial charge is 0.466 e. The number of nitrogens with zero attached hydrogens (tertiary/aromatic N) is 2. The maximum absolute atomic E-state index is 12.6. The van der Waals surface area contributed by atoms with Crippen LogP contribution >= 0.6 is 0 Å². The monoisotopic (exact) mass is 328 g/mol. The standard InChI is InChI=1S/C17H32N2O4/c1-4-18(5-2)11-8-12-19(13-10-16(20)22-6-3)17(21)15-9-7-14-23-15/h15H,4-14H2,1-3H3. The van der Waals surface area contributed by atoms with Crippen LogP contribution < -0.4 is 0 Å². The van der Waals surface area contributed by atoms with E-state index in [1.807, 2.05) is 0 Å². The third kappa shape index (κ3) is 7.31. The molecule has 0 saturated carbocycles. The van der Waals surface area contributed by atoms with Gasteiger partial charge >= 0.3 is 5.97 Å². The van der Waals surface area contributed by atoms with Gasteiger partial charge in [-0.1, -0.05) is 13.8 Å².